The fourth-order valence-electron chi connectivity index (χ4n) is 1.58. The van der Waals surface area contributed by atoms with Gasteiger partial charge in [-0.1, -0.05) is 40.2 Å². The number of hydrogen-bond acceptors (Lipinski definition) is 2. The van der Waals surface area contributed by atoms with Crippen molar-refractivity contribution < 1.29 is 9.90 Å². The van der Waals surface area contributed by atoms with Gasteiger partial charge in [0.25, 0.3) is 0 Å². The first-order chi connectivity index (χ1) is 6.84. The zero-order valence-electron chi connectivity index (χ0n) is 10.4. The molecule has 0 aromatic heterocycles. The Kier molecular flexibility index (Phi) is 5.81. The molecule has 15 heavy (non-hydrogen) atoms. The first-order valence-electron chi connectivity index (χ1n) is 5.67. The van der Waals surface area contributed by atoms with Gasteiger partial charge in [-0.25, -0.2) is 0 Å². The van der Waals surface area contributed by atoms with Crippen LogP contribution in [0.15, 0.2) is 12.7 Å². The summed E-state index contributed by atoms with van der Waals surface area (Å²) in [5.74, 6) is -0.106. The molecule has 0 rings (SSSR count). The van der Waals surface area contributed by atoms with E-state index in [0.717, 1.165) is 12.8 Å². The van der Waals surface area contributed by atoms with E-state index >= 15 is 0 Å². The maximum Gasteiger partial charge on any atom is 0.165 e. The molecule has 0 radical (unpaired) electrons. The molecule has 0 aliphatic carbocycles. The Morgan fingerprint density at radius 3 is 2.33 bits per heavy atom. The summed E-state index contributed by atoms with van der Waals surface area (Å²) in [4.78, 5) is 12.0. The Hall–Kier alpha value is -0.630. The lowest BCUT2D eigenvalue weighted by Gasteiger charge is -2.27. The van der Waals surface area contributed by atoms with E-state index in [9.17, 15) is 9.90 Å². The molecule has 1 N–H and O–H groups in total. The second-order valence-electron chi connectivity index (χ2n) is 5.18. The fraction of sp³-hybridized carbons (Fsp3) is 0.769. The van der Waals surface area contributed by atoms with Gasteiger partial charge in [-0.05, 0) is 18.3 Å². The van der Waals surface area contributed by atoms with Gasteiger partial charge in [0.2, 0.25) is 0 Å². The molecule has 0 fully saturated rings. The summed E-state index contributed by atoms with van der Waals surface area (Å²) in [7, 11) is 0. The van der Waals surface area contributed by atoms with Crippen molar-refractivity contribution in [1.82, 2.24) is 0 Å². The third-order valence-electron chi connectivity index (χ3n) is 2.58. The van der Waals surface area contributed by atoms with E-state index in [4.69, 9.17) is 0 Å². The smallest absolute Gasteiger partial charge is 0.165 e. The molecule has 0 aliphatic heterocycles. The van der Waals surface area contributed by atoms with Crippen molar-refractivity contribution in [1.29, 1.82) is 0 Å². The zero-order valence-corrected chi connectivity index (χ0v) is 10.4. The Labute approximate surface area is 93.4 Å². The van der Waals surface area contributed by atoms with E-state index in [0.29, 0.717) is 6.42 Å². The predicted molar refractivity (Wildman–Crippen MR) is 63.7 cm³/mol. The van der Waals surface area contributed by atoms with E-state index < -0.39 is 6.10 Å². The van der Waals surface area contributed by atoms with Crippen LogP contribution >= 0.6 is 0 Å². The van der Waals surface area contributed by atoms with Crippen LogP contribution in [0, 0.1) is 11.3 Å². The van der Waals surface area contributed by atoms with Crippen molar-refractivity contribution in [2.24, 2.45) is 11.3 Å². The Morgan fingerprint density at radius 2 is 2.00 bits per heavy atom. The second kappa shape index (κ2) is 6.06. The van der Waals surface area contributed by atoms with E-state index in [1.165, 1.54) is 0 Å². The predicted octanol–water partition coefficient (Wildman–Crippen LogP) is 2.95. The highest BCUT2D eigenvalue weighted by Gasteiger charge is 2.32. The number of rotatable bonds is 6. The normalized spacial score (nSPS) is 15.8. The SMILES string of the molecule is C=CC[C@H](CCC)C(=O)[C@@H](O)C(C)(C)C. The molecule has 0 amide bonds. The van der Waals surface area contributed by atoms with Crippen molar-refractivity contribution in [2.75, 3.05) is 0 Å². The van der Waals surface area contributed by atoms with Gasteiger partial charge in [0, 0.05) is 5.92 Å². The van der Waals surface area contributed by atoms with Gasteiger partial charge in [0.1, 0.15) is 6.10 Å². The standard InChI is InChI=1S/C13H24O2/c1-6-8-10(9-7-2)11(14)12(15)13(3,4)5/h6,10,12,15H,1,7-9H2,2-5H3/t10-,12-/m1/s1. The van der Waals surface area contributed by atoms with Crippen LogP contribution in [-0.4, -0.2) is 17.0 Å². The van der Waals surface area contributed by atoms with Gasteiger partial charge < -0.3 is 5.11 Å². The molecule has 0 saturated heterocycles. The highest BCUT2D eigenvalue weighted by atomic mass is 16.3. The quantitative estimate of drug-likeness (QED) is 0.687. The van der Waals surface area contributed by atoms with Gasteiger partial charge in [-0.15, -0.1) is 6.58 Å². The number of aliphatic hydroxyl groups excluding tert-OH is 1. The van der Waals surface area contributed by atoms with Gasteiger partial charge in [0.15, 0.2) is 5.78 Å². The summed E-state index contributed by atoms with van der Waals surface area (Å²) in [5.41, 5.74) is -0.371. The van der Waals surface area contributed by atoms with Crippen molar-refractivity contribution >= 4 is 5.78 Å². The third-order valence-corrected chi connectivity index (χ3v) is 2.58. The molecule has 2 atom stereocenters. The van der Waals surface area contributed by atoms with Gasteiger partial charge in [0.05, 0.1) is 0 Å². The number of ketones is 1. The lowest BCUT2D eigenvalue weighted by atomic mass is 9.80. The molecule has 0 unspecified atom stereocenters. The third kappa shape index (κ3) is 4.61. The first kappa shape index (κ1) is 14.4. The molecule has 2 heteroatoms. The van der Waals surface area contributed by atoms with Crippen LogP contribution in [-0.2, 0) is 4.79 Å². The van der Waals surface area contributed by atoms with Gasteiger partial charge >= 0.3 is 0 Å². The first-order valence-corrected chi connectivity index (χ1v) is 5.67. The minimum Gasteiger partial charge on any atom is -0.385 e. The lowest BCUT2D eigenvalue weighted by molar-refractivity contribution is -0.136. The number of Topliss-reactive ketones (excluding diaryl/α,β-unsaturated/α-hetero) is 1. The van der Waals surface area contributed by atoms with Crippen molar-refractivity contribution in [3.8, 4) is 0 Å². The van der Waals surface area contributed by atoms with Gasteiger partial charge in [-0.2, -0.15) is 0 Å². The van der Waals surface area contributed by atoms with Crippen LogP contribution in [0.4, 0.5) is 0 Å². The van der Waals surface area contributed by atoms with Crippen LogP contribution < -0.4 is 0 Å². The molecule has 88 valence electrons. The Bertz CT molecular complexity index is 213. The van der Waals surface area contributed by atoms with E-state index in [1.807, 2.05) is 27.7 Å². The summed E-state index contributed by atoms with van der Waals surface area (Å²) in [6.45, 7) is 11.3. The van der Waals surface area contributed by atoms with Crippen LogP contribution in [0.3, 0.4) is 0 Å². The largest absolute Gasteiger partial charge is 0.385 e. The highest BCUT2D eigenvalue weighted by Crippen LogP contribution is 2.25. The maximum atomic E-state index is 12.0. The Balaban J connectivity index is 4.55. The number of aliphatic hydroxyl groups is 1. The topological polar surface area (TPSA) is 37.3 Å². The summed E-state index contributed by atoms with van der Waals surface area (Å²) in [6.07, 6.45) is 3.35. The molecule has 2 nitrogen and oxygen atoms in total. The maximum absolute atomic E-state index is 12.0. The molecule has 0 saturated carbocycles. The monoisotopic (exact) mass is 212 g/mol. The molecule has 0 heterocycles. The molecule has 0 aromatic carbocycles. The summed E-state index contributed by atoms with van der Waals surface area (Å²) < 4.78 is 0. The average molecular weight is 212 g/mol. The zero-order chi connectivity index (χ0) is 12.1. The molecule has 0 spiro atoms. The van der Waals surface area contributed by atoms with E-state index in [2.05, 4.69) is 6.58 Å². The molecule has 0 bridgehead atoms. The molecule has 0 aliphatic rings. The number of allylic oxidation sites excluding steroid dienone is 1. The van der Waals surface area contributed by atoms with Crippen molar-refractivity contribution in [2.45, 2.75) is 53.1 Å². The van der Waals surface area contributed by atoms with Crippen LogP contribution in [0.1, 0.15) is 47.0 Å². The number of carbonyl (C=O) groups excluding carboxylic acids is 1. The second-order valence-corrected chi connectivity index (χ2v) is 5.18. The van der Waals surface area contributed by atoms with E-state index in [-0.39, 0.29) is 17.1 Å². The number of carbonyl (C=O) groups is 1. The van der Waals surface area contributed by atoms with Crippen LogP contribution in [0.5, 0.6) is 0 Å². The van der Waals surface area contributed by atoms with Gasteiger partial charge in [-0.3, -0.25) is 4.79 Å². The van der Waals surface area contributed by atoms with Crippen molar-refractivity contribution in [3.05, 3.63) is 12.7 Å². The van der Waals surface area contributed by atoms with Crippen molar-refractivity contribution in [3.63, 3.8) is 0 Å². The van der Waals surface area contributed by atoms with Crippen LogP contribution in [0.2, 0.25) is 0 Å². The van der Waals surface area contributed by atoms with Crippen LogP contribution in [0.25, 0.3) is 0 Å². The summed E-state index contributed by atoms with van der Waals surface area (Å²) in [6, 6.07) is 0. The average Bonchev–Trinajstić information content (AvgIpc) is 2.14. The minimum atomic E-state index is -0.867. The molecular formula is C13H24O2. The number of hydrogen-bond donors (Lipinski definition) is 1. The molecular weight excluding hydrogens is 188 g/mol. The fourth-order valence-corrected chi connectivity index (χ4v) is 1.58. The van der Waals surface area contributed by atoms with E-state index in [1.54, 1.807) is 6.08 Å². The molecule has 0 aromatic rings. The summed E-state index contributed by atoms with van der Waals surface area (Å²) >= 11 is 0. The summed E-state index contributed by atoms with van der Waals surface area (Å²) in [5, 5.41) is 9.89. The minimum absolute atomic E-state index is 0.0377. The Morgan fingerprint density at radius 1 is 1.47 bits per heavy atom. The highest BCUT2D eigenvalue weighted by molar-refractivity contribution is 5.86. The lowest BCUT2D eigenvalue weighted by Crippen LogP contribution is -2.38.